The Morgan fingerprint density at radius 1 is 1.09 bits per heavy atom. The summed E-state index contributed by atoms with van der Waals surface area (Å²) in [7, 11) is 0. The van der Waals surface area contributed by atoms with Crippen LogP contribution in [0.3, 0.4) is 0 Å². The fourth-order valence-corrected chi connectivity index (χ4v) is 5.29. The van der Waals surface area contributed by atoms with Crippen LogP contribution in [-0.2, 0) is 19.1 Å². The van der Waals surface area contributed by atoms with E-state index in [9.17, 15) is 9.59 Å². The molecular weight excluding hydrogens is 412 g/mol. The smallest absolute Gasteiger partial charge is 0.316 e. The molecule has 3 rings (SSSR count). The molecule has 1 fully saturated rings. The molecule has 0 spiro atoms. The number of Topliss-reactive ketones (excluding diaryl/α,β-unsaturated/α-hetero) is 1. The highest BCUT2D eigenvalue weighted by Crippen LogP contribution is 2.43. The molecule has 33 heavy (non-hydrogen) atoms. The van der Waals surface area contributed by atoms with Gasteiger partial charge in [0.25, 0.3) is 0 Å². The van der Waals surface area contributed by atoms with E-state index in [0.29, 0.717) is 36.4 Å². The molecule has 0 aliphatic heterocycles. The van der Waals surface area contributed by atoms with Crippen molar-refractivity contribution in [3.8, 4) is 0 Å². The molecule has 1 saturated carbocycles. The van der Waals surface area contributed by atoms with Crippen LogP contribution >= 0.6 is 0 Å². The number of ether oxygens (including phenoxy) is 2. The van der Waals surface area contributed by atoms with Crippen LogP contribution in [0.25, 0.3) is 5.57 Å². The van der Waals surface area contributed by atoms with Crippen LogP contribution in [0, 0.1) is 38.0 Å². The maximum absolute atomic E-state index is 13.7. The standard InChI is InChI=1S/C29H40O4/c1-8-13-32-23-11-9-21(10-12-23)16-22-17-24(33-28(31)29(5,6)7)26(27(22)30)25-19(3)14-18(2)15-20(25)4/h8,14-15,21-23H,1,9-13,16-17H2,2-7H3. The van der Waals surface area contributed by atoms with Gasteiger partial charge in [0, 0.05) is 12.3 Å². The fraction of sp³-hybridized carbons (Fsp3) is 0.586. The van der Waals surface area contributed by atoms with E-state index in [4.69, 9.17) is 9.47 Å². The first kappa shape index (κ1) is 25.4. The van der Waals surface area contributed by atoms with Crippen molar-refractivity contribution in [3.63, 3.8) is 0 Å². The summed E-state index contributed by atoms with van der Waals surface area (Å²) in [6.07, 6.45) is 7.65. The average molecular weight is 453 g/mol. The lowest BCUT2D eigenvalue weighted by Crippen LogP contribution is -2.24. The maximum Gasteiger partial charge on any atom is 0.316 e. The second-order valence-corrected chi connectivity index (χ2v) is 11.0. The number of ketones is 1. The number of esters is 1. The molecule has 0 saturated heterocycles. The zero-order chi connectivity index (χ0) is 24.3. The Morgan fingerprint density at radius 2 is 1.70 bits per heavy atom. The predicted octanol–water partition coefficient (Wildman–Crippen LogP) is 6.65. The third-order valence-corrected chi connectivity index (χ3v) is 6.94. The van der Waals surface area contributed by atoms with E-state index >= 15 is 0 Å². The summed E-state index contributed by atoms with van der Waals surface area (Å²) in [5, 5.41) is 0. The van der Waals surface area contributed by atoms with E-state index in [1.54, 1.807) is 6.08 Å². The lowest BCUT2D eigenvalue weighted by atomic mass is 9.80. The minimum atomic E-state index is -0.625. The molecule has 180 valence electrons. The van der Waals surface area contributed by atoms with Crippen LogP contribution < -0.4 is 0 Å². The average Bonchev–Trinajstić information content (AvgIpc) is 3.01. The van der Waals surface area contributed by atoms with Crippen LogP contribution in [0.15, 0.2) is 30.5 Å². The number of aryl methyl sites for hydroxylation is 3. The van der Waals surface area contributed by atoms with E-state index in [2.05, 4.69) is 25.6 Å². The van der Waals surface area contributed by atoms with Crippen molar-refractivity contribution >= 4 is 17.3 Å². The molecule has 0 N–H and O–H groups in total. The second-order valence-electron chi connectivity index (χ2n) is 11.0. The Bertz CT molecular complexity index is 916. The number of hydrogen-bond acceptors (Lipinski definition) is 4. The number of carbonyl (C=O) groups excluding carboxylic acids is 2. The first-order chi connectivity index (χ1) is 15.5. The monoisotopic (exact) mass is 452 g/mol. The topological polar surface area (TPSA) is 52.6 Å². The molecule has 0 heterocycles. The van der Waals surface area contributed by atoms with Crippen molar-refractivity contribution in [2.24, 2.45) is 17.3 Å². The molecule has 1 atom stereocenters. The SMILES string of the molecule is C=CCOC1CCC(CC2CC(OC(=O)C(C)(C)C)=C(c3c(C)cc(C)cc3C)C2=O)CC1. The molecule has 0 bridgehead atoms. The highest BCUT2D eigenvalue weighted by molar-refractivity contribution is 6.25. The summed E-state index contributed by atoms with van der Waals surface area (Å²) < 4.78 is 11.7. The third-order valence-electron chi connectivity index (χ3n) is 6.94. The largest absolute Gasteiger partial charge is 0.430 e. The molecule has 2 aliphatic carbocycles. The van der Waals surface area contributed by atoms with Crippen LogP contribution in [0.2, 0.25) is 0 Å². The van der Waals surface area contributed by atoms with Crippen molar-refractivity contribution in [3.05, 3.63) is 52.8 Å². The lowest BCUT2D eigenvalue weighted by Gasteiger charge is -2.29. The molecule has 0 amide bonds. The highest BCUT2D eigenvalue weighted by atomic mass is 16.5. The summed E-state index contributed by atoms with van der Waals surface area (Å²) in [5.41, 5.74) is 4.21. The van der Waals surface area contributed by atoms with Gasteiger partial charge in [0.1, 0.15) is 5.76 Å². The second kappa shape index (κ2) is 10.4. The van der Waals surface area contributed by atoms with E-state index in [0.717, 1.165) is 48.8 Å². The molecule has 1 aromatic rings. The van der Waals surface area contributed by atoms with Crippen molar-refractivity contribution in [1.29, 1.82) is 0 Å². The zero-order valence-electron chi connectivity index (χ0n) is 21.3. The molecule has 0 radical (unpaired) electrons. The molecule has 4 heteroatoms. The molecule has 4 nitrogen and oxygen atoms in total. The number of benzene rings is 1. The van der Waals surface area contributed by atoms with Crippen LogP contribution in [-0.4, -0.2) is 24.5 Å². The lowest BCUT2D eigenvalue weighted by molar-refractivity contribution is -0.148. The van der Waals surface area contributed by atoms with Gasteiger partial charge >= 0.3 is 5.97 Å². The van der Waals surface area contributed by atoms with E-state index in [1.165, 1.54) is 5.56 Å². The summed E-state index contributed by atoms with van der Waals surface area (Å²) in [5.74, 6) is 0.778. The van der Waals surface area contributed by atoms with Gasteiger partial charge in [-0.15, -0.1) is 6.58 Å². The Kier molecular flexibility index (Phi) is 8.00. The van der Waals surface area contributed by atoms with Gasteiger partial charge in [0.15, 0.2) is 5.78 Å². The highest BCUT2D eigenvalue weighted by Gasteiger charge is 2.40. The number of allylic oxidation sites excluding steroid dienone is 2. The molecule has 0 aromatic heterocycles. The summed E-state index contributed by atoms with van der Waals surface area (Å²) in [4.78, 5) is 26.5. The molecular formula is C29H40O4. The van der Waals surface area contributed by atoms with Crippen LogP contribution in [0.5, 0.6) is 0 Å². The maximum atomic E-state index is 13.7. The number of carbonyl (C=O) groups is 2. The first-order valence-electron chi connectivity index (χ1n) is 12.3. The fourth-order valence-electron chi connectivity index (χ4n) is 5.29. The van der Waals surface area contributed by atoms with E-state index in [-0.39, 0.29) is 17.7 Å². The van der Waals surface area contributed by atoms with Gasteiger partial charge in [-0.2, -0.15) is 0 Å². The van der Waals surface area contributed by atoms with E-state index in [1.807, 2.05) is 34.6 Å². The van der Waals surface area contributed by atoms with Gasteiger partial charge < -0.3 is 9.47 Å². The molecule has 1 unspecified atom stereocenters. The van der Waals surface area contributed by atoms with Crippen molar-refractivity contribution in [2.45, 2.75) is 86.2 Å². The van der Waals surface area contributed by atoms with Gasteiger partial charge in [0.05, 0.1) is 23.7 Å². The summed E-state index contributed by atoms with van der Waals surface area (Å²) >= 11 is 0. The summed E-state index contributed by atoms with van der Waals surface area (Å²) in [6.45, 7) is 16.0. The minimum Gasteiger partial charge on any atom is -0.430 e. The van der Waals surface area contributed by atoms with E-state index < -0.39 is 5.41 Å². The number of hydrogen-bond donors (Lipinski definition) is 0. The van der Waals surface area contributed by atoms with Crippen molar-refractivity contribution < 1.29 is 19.1 Å². The van der Waals surface area contributed by atoms with Crippen molar-refractivity contribution in [2.75, 3.05) is 6.61 Å². The van der Waals surface area contributed by atoms with Crippen LogP contribution in [0.1, 0.15) is 81.5 Å². The Hall–Kier alpha value is -2.20. The van der Waals surface area contributed by atoms with Gasteiger partial charge in [0.2, 0.25) is 0 Å². The van der Waals surface area contributed by atoms with Gasteiger partial charge in [-0.25, -0.2) is 0 Å². The van der Waals surface area contributed by atoms with Crippen LogP contribution in [0.4, 0.5) is 0 Å². The number of rotatable bonds is 7. The minimum absolute atomic E-state index is 0.126. The normalized spacial score (nSPS) is 23.7. The predicted molar refractivity (Wildman–Crippen MR) is 133 cm³/mol. The first-order valence-corrected chi connectivity index (χ1v) is 12.3. The van der Waals surface area contributed by atoms with Crippen molar-refractivity contribution in [1.82, 2.24) is 0 Å². The summed E-state index contributed by atoms with van der Waals surface area (Å²) in [6, 6.07) is 4.20. The Labute approximate surface area is 199 Å². The quantitative estimate of drug-likeness (QED) is 0.343. The van der Waals surface area contributed by atoms with Gasteiger partial charge in [-0.05, 0) is 96.3 Å². The zero-order valence-corrected chi connectivity index (χ0v) is 21.3. The third kappa shape index (κ3) is 6.03. The Balaban J connectivity index is 1.82. The van der Waals surface area contributed by atoms with Gasteiger partial charge in [-0.1, -0.05) is 23.8 Å². The van der Waals surface area contributed by atoms with Gasteiger partial charge in [-0.3, -0.25) is 9.59 Å². The Morgan fingerprint density at radius 3 is 2.24 bits per heavy atom. The molecule has 1 aromatic carbocycles. The molecule has 2 aliphatic rings.